The number of halogens is 1. The molecule has 2 aromatic heterocycles. The van der Waals surface area contributed by atoms with Gasteiger partial charge in [-0.2, -0.15) is 0 Å². The SMILES string of the molecule is Cc1ccncc1N1CC(CF)N(c2ccc3ncsc3c2)C1=O. The molecule has 7 heteroatoms. The van der Waals surface area contributed by atoms with Crippen molar-refractivity contribution in [2.75, 3.05) is 23.0 Å². The van der Waals surface area contributed by atoms with Gasteiger partial charge >= 0.3 is 6.03 Å². The molecule has 1 aromatic carbocycles. The highest BCUT2D eigenvalue weighted by Gasteiger charge is 2.39. The summed E-state index contributed by atoms with van der Waals surface area (Å²) in [6.45, 7) is 1.63. The molecule has 0 aliphatic carbocycles. The minimum atomic E-state index is -0.595. The number of rotatable bonds is 3. The number of aryl methyl sites for hydroxylation is 1. The van der Waals surface area contributed by atoms with E-state index in [1.54, 1.807) is 22.8 Å². The topological polar surface area (TPSA) is 49.3 Å². The first-order valence-corrected chi connectivity index (χ1v) is 8.47. The Kier molecular flexibility index (Phi) is 3.65. The number of urea groups is 1. The zero-order valence-corrected chi connectivity index (χ0v) is 13.8. The molecule has 4 rings (SSSR count). The van der Waals surface area contributed by atoms with E-state index in [9.17, 15) is 9.18 Å². The number of anilines is 2. The predicted molar refractivity (Wildman–Crippen MR) is 93.6 cm³/mol. The first-order valence-electron chi connectivity index (χ1n) is 7.59. The molecule has 1 saturated heterocycles. The van der Waals surface area contributed by atoms with Gasteiger partial charge in [0.15, 0.2) is 0 Å². The second-order valence-electron chi connectivity index (χ2n) is 5.74. The molecule has 3 heterocycles. The largest absolute Gasteiger partial charge is 0.329 e. The van der Waals surface area contributed by atoms with Crippen LogP contribution in [0.4, 0.5) is 20.6 Å². The summed E-state index contributed by atoms with van der Waals surface area (Å²) in [6, 6.07) is 6.69. The quantitative estimate of drug-likeness (QED) is 0.728. The number of amides is 2. The van der Waals surface area contributed by atoms with Crippen LogP contribution >= 0.6 is 11.3 Å². The van der Waals surface area contributed by atoms with E-state index in [4.69, 9.17) is 0 Å². The van der Waals surface area contributed by atoms with Gasteiger partial charge in [-0.25, -0.2) is 14.2 Å². The van der Waals surface area contributed by atoms with Gasteiger partial charge in [-0.3, -0.25) is 14.8 Å². The van der Waals surface area contributed by atoms with E-state index < -0.39 is 12.7 Å². The highest BCUT2D eigenvalue weighted by atomic mass is 32.1. The maximum absolute atomic E-state index is 13.6. The highest BCUT2D eigenvalue weighted by molar-refractivity contribution is 7.16. The van der Waals surface area contributed by atoms with Crippen LogP contribution < -0.4 is 9.80 Å². The molecule has 1 aliphatic heterocycles. The van der Waals surface area contributed by atoms with E-state index in [0.717, 1.165) is 21.5 Å². The van der Waals surface area contributed by atoms with E-state index >= 15 is 0 Å². The molecule has 122 valence electrons. The zero-order chi connectivity index (χ0) is 16.7. The van der Waals surface area contributed by atoms with Gasteiger partial charge in [0.05, 0.1) is 40.2 Å². The summed E-state index contributed by atoms with van der Waals surface area (Å²) in [7, 11) is 0. The van der Waals surface area contributed by atoms with Gasteiger partial charge in [0.1, 0.15) is 6.67 Å². The second kappa shape index (κ2) is 5.83. The predicted octanol–water partition coefficient (Wildman–Crippen LogP) is 3.78. The average Bonchev–Trinajstić information content (AvgIpc) is 3.18. The molecule has 1 unspecified atom stereocenters. The lowest BCUT2D eigenvalue weighted by molar-refractivity contribution is 0.254. The van der Waals surface area contributed by atoms with Gasteiger partial charge < -0.3 is 0 Å². The third-order valence-corrected chi connectivity index (χ3v) is 5.06. The monoisotopic (exact) mass is 342 g/mol. The van der Waals surface area contributed by atoms with E-state index in [-0.39, 0.29) is 6.03 Å². The third kappa shape index (κ3) is 2.32. The maximum Gasteiger partial charge on any atom is 0.329 e. The molecule has 0 spiro atoms. The number of benzene rings is 1. The Bertz CT molecular complexity index is 912. The molecule has 5 nitrogen and oxygen atoms in total. The Balaban J connectivity index is 1.74. The van der Waals surface area contributed by atoms with Gasteiger partial charge in [0, 0.05) is 11.9 Å². The Hall–Kier alpha value is -2.54. The summed E-state index contributed by atoms with van der Waals surface area (Å²) in [5.41, 5.74) is 5.01. The van der Waals surface area contributed by atoms with Gasteiger partial charge in [0.2, 0.25) is 0 Å². The normalized spacial score (nSPS) is 17.9. The summed E-state index contributed by atoms with van der Waals surface area (Å²) < 4.78 is 14.6. The van der Waals surface area contributed by atoms with Crippen molar-refractivity contribution in [1.82, 2.24) is 9.97 Å². The molecule has 3 aromatic rings. The van der Waals surface area contributed by atoms with Crippen LogP contribution in [0.1, 0.15) is 5.56 Å². The molecule has 1 atom stereocenters. The Morgan fingerprint density at radius 2 is 2.25 bits per heavy atom. The molecule has 0 bridgehead atoms. The van der Waals surface area contributed by atoms with Crippen LogP contribution in [0.3, 0.4) is 0 Å². The van der Waals surface area contributed by atoms with Crippen molar-refractivity contribution in [3.8, 4) is 0 Å². The standard InChI is InChI=1S/C17H15FN4OS/c1-11-4-5-19-8-15(11)21-9-13(7-18)22(17(21)23)12-2-3-14-16(6-12)24-10-20-14/h2-6,8,10,13H,7,9H2,1H3. The van der Waals surface area contributed by atoms with Crippen LogP contribution in [-0.4, -0.2) is 35.3 Å². The number of alkyl halides is 1. The average molecular weight is 342 g/mol. The fourth-order valence-corrected chi connectivity index (χ4v) is 3.74. The molecule has 0 saturated carbocycles. The summed E-state index contributed by atoms with van der Waals surface area (Å²) in [5, 5.41) is 0. The summed E-state index contributed by atoms with van der Waals surface area (Å²) in [4.78, 5) is 24.4. The number of thiazole rings is 1. The zero-order valence-electron chi connectivity index (χ0n) is 13.0. The third-order valence-electron chi connectivity index (χ3n) is 4.27. The molecule has 2 amide bonds. The van der Waals surface area contributed by atoms with Crippen molar-refractivity contribution in [2.45, 2.75) is 13.0 Å². The minimum Gasteiger partial charge on any atom is -0.290 e. The number of hydrogen-bond acceptors (Lipinski definition) is 4. The fraction of sp³-hybridized carbons (Fsp3) is 0.235. The molecular weight excluding hydrogens is 327 g/mol. The lowest BCUT2D eigenvalue weighted by Gasteiger charge is -2.21. The summed E-state index contributed by atoms with van der Waals surface area (Å²) >= 11 is 1.50. The van der Waals surface area contributed by atoms with Crippen molar-refractivity contribution in [1.29, 1.82) is 0 Å². The number of hydrogen-bond donors (Lipinski definition) is 0. The van der Waals surface area contributed by atoms with Gasteiger partial charge in [-0.15, -0.1) is 11.3 Å². The molecule has 1 fully saturated rings. The lowest BCUT2D eigenvalue weighted by atomic mass is 10.2. The number of fused-ring (bicyclic) bond motifs is 1. The van der Waals surface area contributed by atoms with Crippen LogP contribution in [0.15, 0.2) is 42.2 Å². The first-order chi connectivity index (χ1) is 11.7. The maximum atomic E-state index is 13.6. The molecule has 0 radical (unpaired) electrons. The first kappa shape index (κ1) is 15.0. The van der Waals surface area contributed by atoms with Gasteiger partial charge in [-0.05, 0) is 36.8 Å². The molecular formula is C17H15FN4OS. The lowest BCUT2D eigenvalue weighted by Crippen LogP contribution is -2.36. The van der Waals surface area contributed by atoms with Gasteiger partial charge in [-0.1, -0.05) is 0 Å². The van der Waals surface area contributed by atoms with Crippen LogP contribution in [0, 0.1) is 6.92 Å². The van der Waals surface area contributed by atoms with E-state index in [0.29, 0.717) is 12.2 Å². The Morgan fingerprint density at radius 1 is 1.38 bits per heavy atom. The van der Waals surface area contributed by atoms with Gasteiger partial charge in [0.25, 0.3) is 0 Å². The van der Waals surface area contributed by atoms with Crippen LogP contribution in [0.25, 0.3) is 10.2 Å². The van der Waals surface area contributed by atoms with E-state index in [2.05, 4.69) is 9.97 Å². The van der Waals surface area contributed by atoms with Crippen LogP contribution in [0.5, 0.6) is 0 Å². The van der Waals surface area contributed by atoms with E-state index in [1.807, 2.05) is 31.2 Å². The molecule has 0 N–H and O–H groups in total. The number of nitrogens with zero attached hydrogens (tertiary/aromatic N) is 4. The summed E-state index contributed by atoms with van der Waals surface area (Å²) in [5.74, 6) is 0. The number of carbonyl (C=O) groups excluding carboxylic acids is 1. The smallest absolute Gasteiger partial charge is 0.290 e. The van der Waals surface area contributed by atoms with Crippen molar-refractivity contribution < 1.29 is 9.18 Å². The van der Waals surface area contributed by atoms with Crippen LogP contribution in [0.2, 0.25) is 0 Å². The number of pyridine rings is 1. The van der Waals surface area contributed by atoms with Crippen molar-refractivity contribution in [3.63, 3.8) is 0 Å². The van der Waals surface area contributed by atoms with Crippen molar-refractivity contribution in [3.05, 3.63) is 47.7 Å². The molecule has 24 heavy (non-hydrogen) atoms. The Morgan fingerprint density at radius 3 is 3.04 bits per heavy atom. The summed E-state index contributed by atoms with van der Waals surface area (Å²) in [6.07, 6.45) is 3.33. The number of aromatic nitrogens is 2. The fourth-order valence-electron chi connectivity index (χ4n) is 3.03. The van der Waals surface area contributed by atoms with Crippen LogP contribution in [-0.2, 0) is 0 Å². The van der Waals surface area contributed by atoms with E-state index in [1.165, 1.54) is 16.2 Å². The molecule has 1 aliphatic rings. The minimum absolute atomic E-state index is 0.224. The number of carbonyl (C=O) groups is 1. The van der Waals surface area contributed by atoms with Crippen molar-refractivity contribution >= 4 is 39.0 Å². The highest BCUT2D eigenvalue weighted by Crippen LogP contribution is 2.32. The second-order valence-corrected chi connectivity index (χ2v) is 6.62. The Labute approximate surface area is 142 Å². The van der Waals surface area contributed by atoms with Crippen molar-refractivity contribution in [2.24, 2.45) is 0 Å².